The molecular weight excluding hydrogens is 407 g/mol. The molecule has 1 aliphatic rings. The molecule has 0 aliphatic carbocycles. The summed E-state index contributed by atoms with van der Waals surface area (Å²) < 4.78 is 5.87. The van der Waals surface area contributed by atoms with Crippen LogP contribution in [0.15, 0.2) is 83.5 Å². The van der Waals surface area contributed by atoms with E-state index in [1.807, 2.05) is 54.6 Å². The Morgan fingerprint density at radius 1 is 0.931 bits per heavy atom. The van der Waals surface area contributed by atoms with Crippen molar-refractivity contribution in [3.63, 3.8) is 0 Å². The van der Waals surface area contributed by atoms with Gasteiger partial charge >= 0.3 is 0 Å². The summed E-state index contributed by atoms with van der Waals surface area (Å²) in [4.78, 5) is 13.0. The maximum atomic E-state index is 13.0. The molecule has 3 aromatic rings. The SMILES string of the molecule is CC1=NN(c2cc(Cl)ccc2Cl)C(=O)/C1=C/c1cccc(Oc2ccccc2)c1. The molecule has 0 saturated heterocycles. The Kier molecular flexibility index (Phi) is 5.38. The lowest BCUT2D eigenvalue weighted by Crippen LogP contribution is -2.21. The average molecular weight is 423 g/mol. The number of nitrogens with zero attached hydrogens (tertiary/aromatic N) is 2. The number of hydrogen-bond donors (Lipinski definition) is 0. The average Bonchev–Trinajstić information content (AvgIpc) is 2.99. The van der Waals surface area contributed by atoms with Crippen molar-refractivity contribution in [1.29, 1.82) is 0 Å². The van der Waals surface area contributed by atoms with Gasteiger partial charge in [0.05, 0.1) is 22.0 Å². The van der Waals surface area contributed by atoms with Gasteiger partial charge in [-0.3, -0.25) is 4.79 Å². The van der Waals surface area contributed by atoms with Gasteiger partial charge < -0.3 is 4.74 Å². The molecule has 0 fully saturated rings. The molecule has 0 unspecified atom stereocenters. The van der Waals surface area contributed by atoms with E-state index in [9.17, 15) is 4.79 Å². The Bertz CT molecular complexity index is 1140. The second kappa shape index (κ2) is 8.11. The van der Waals surface area contributed by atoms with Crippen molar-refractivity contribution in [2.75, 3.05) is 5.01 Å². The summed E-state index contributed by atoms with van der Waals surface area (Å²) in [6.45, 7) is 1.78. The summed E-state index contributed by atoms with van der Waals surface area (Å²) in [5.41, 5.74) is 2.36. The minimum atomic E-state index is -0.263. The van der Waals surface area contributed by atoms with Gasteiger partial charge in [-0.05, 0) is 61.0 Å². The fraction of sp³-hybridized carbons (Fsp3) is 0.0435. The van der Waals surface area contributed by atoms with Crippen molar-refractivity contribution in [2.24, 2.45) is 5.10 Å². The van der Waals surface area contributed by atoms with E-state index in [2.05, 4.69) is 5.10 Å². The van der Waals surface area contributed by atoms with Gasteiger partial charge in [0.25, 0.3) is 5.91 Å². The van der Waals surface area contributed by atoms with E-state index in [1.165, 1.54) is 5.01 Å². The number of hydrazone groups is 1. The number of carbonyl (C=O) groups is 1. The highest BCUT2D eigenvalue weighted by Gasteiger charge is 2.30. The molecule has 0 N–H and O–H groups in total. The normalized spacial score (nSPS) is 15.0. The van der Waals surface area contributed by atoms with E-state index in [4.69, 9.17) is 27.9 Å². The van der Waals surface area contributed by atoms with Gasteiger partial charge in [-0.25, -0.2) is 0 Å². The molecule has 0 bridgehead atoms. The fourth-order valence-corrected chi connectivity index (χ4v) is 3.32. The Morgan fingerprint density at radius 2 is 1.69 bits per heavy atom. The number of hydrogen-bond acceptors (Lipinski definition) is 3. The van der Waals surface area contributed by atoms with Crippen molar-refractivity contribution < 1.29 is 9.53 Å². The van der Waals surface area contributed by atoms with Crippen LogP contribution in [-0.4, -0.2) is 11.6 Å². The molecule has 0 aromatic heterocycles. The molecule has 0 saturated carbocycles. The minimum Gasteiger partial charge on any atom is -0.457 e. The number of benzene rings is 3. The molecular formula is C23H16Cl2N2O2. The second-order valence-electron chi connectivity index (χ2n) is 6.44. The van der Waals surface area contributed by atoms with Crippen LogP contribution >= 0.6 is 23.2 Å². The predicted molar refractivity (Wildman–Crippen MR) is 118 cm³/mol. The van der Waals surface area contributed by atoms with Crippen LogP contribution in [0.5, 0.6) is 11.5 Å². The third-order valence-electron chi connectivity index (χ3n) is 4.35. The van der Waals surface area contributed by atoms with Gasteiger partial charge in [0.1, 0.15) is 11.5 Å². The summed E-state index contributed by atoms with van der Waals surface area (Å²) in [6.07, 6.45) is 1.79. The number of rotatable bonds is 4. The summed E-state index contributed by atoms with van der Waals surface area (Å²) in [7, 11) is 0. The summed E-state index contributed by atoms with van der Waals surface area (Å²) in [6, 6.07) is 22.0. The van der Waals surface area contributed by atoms with Crippen LogP contribution in [0.25, 0.3) is 6.08 Å². The van der Waals surface area contributed by atoms with E-state index in [1.54, 1.807) is 31.2 Å². The topological polar surface area (TPSA) is 41.9 Å². The molecule has 144 valence electrons. The van der Waals surface area contributed by atoms with Crippen LogP contribution in [0.3, 0.4) is 0 Å². The van der Waals surface area contributed by atoms with Crippen LogP contribution in [0, 0.1) is 0 Å². The Hall–Kier alpha value is -3.08. The highest BCUT2D eigenvalue weighted by Crippen LogP contribution is 2.33. The van der Waals surface area contributed by atoms with E-state index in [0.29, 0.717) is 32.8 Å². The molecule has 1 amide bonds. The number of halogens is 2. The van der Waals surface area contributed by atoms with Crippen molar-refractivity contribution >= 4 is 46.6 Å². The fourth-order valence-electron chi connectivity index (χ4n) is 2.95. The van der Waals surface area contributed by atoms with Crippen molar-refractivity contribution in [2.45, 2.75) is 6.92 Å². The molecule has 6 heteroatoms. The first kappa shape index (κ1) is 19.2. The van der Waals surface area contributed by atoms with Gasteiger partial charge in [-0.15, -0.1) is 0 Å². The van der Waals surface area contributed by atoms with E-state index >= 15 is 0 Å². The zero-order valence-electron chi connectivity index (χ0n) is 15.5. The summed E-state index contributed by atoms with van der Waals surface area (Å²) in [5, 5.41) is 6.53. The van der Waals surface area contributed by atoms with Gasteiger partial charge in [0, 0.05) is 5.02 Å². The van der Waals surface area contributed by atoms with Gasteiger partial charge in [0.15, 0.2) is 0 Å². The molecule has 0 atom stereocenters. The predicted octanol–water partition coefficient (Wildman–Crippen LogP) is 6.59. The van der Waals surface area contributed by atoms with Crippen LogP contribution in [0.1, 0.15) is 12.5 Å². The second-order valence-corrected chi connectivity index (χ2v) is 7.29. The van der Waals surface area contributed by atoms with Crippen molar-refractivity contribution in [3.8, 4) is 11.5 Å². The minimum absolute atomic E-state index is 0.263. The Morgan fingerprint density at radius 3 is 2.48 bits per heavy atom. The maximum absolute atomic E-state index is 13.0. The summed E-state index contributed by atoms with van der Waals surface area (Å²) >= 11 is 12.3. The molecule has 1 aliphatic heterocycles. The van der Waals surface area contributed by atoms with Crippen LogP contribution in [0.2, 0.25) is 10.0 Å². The Balaban J connectivity index is 1.62. The monoisotopic (exact) mass is 422 g/mol. The number of anilines is 1. The molecule has 0 spiro atoms. The zero-order chi connectivity index (χ0) is 20.4. The van der Waals surface area contributed by atoms with Gasteiger partial charge in [-0.2, -0.15) is 10.1 Å². The number of para-hydroxylation sites is 1. The highest BCUT2D eigenvalue weighted by molar-refractivity contribution is 6.38. The third-order valence-corrected chi connectivity index (χ3v) is 4.90. The molecule has 4 rings (SSSR count). The summed E-state index contributed by atoms with van der Waals surface area (Å²) in [5.74, 6) is 1.16. The molecule has 3 aromatic carbocycles. The molecule has 1 heterocycles. The molecule has 0 radical (unpaired) electrons. The van der Waals surface area contributed by atoms with Crippen LogP contribution in [0.4, 0.5) is 5.69 Å². The van der Waals surface area contributed by atoms with Crippen LogP contribution in [-0.2, 0) is 4.79 Å². The smallest absolute Gasteiger partial charge is 0.280 e. The standard InChI is InChI=1S/C23H16Cl2N2O2/c1-15-20(23(28)27(26-15)22-14-17(24)10-11-21(22)25)13-16-6-5-9-19(12-16)29-18-7-3-2-4-8-18/h2-14H,1H3/b20-13+. The van der Waals surface area contributed by atoms with Crippen molar-refractivity contribution in [3.05, 3.63) is 94.0 Å². The van der Waals surface area contributed by atoms with Gasteiger partial charge in [-0.1, -0.05) is 53.5 Å². The first-order valence-corrected chi connectivity index (χ1v) is 9.66. The quantitative estimate of drug-likeness (QED) is 0.444. The largest absolute Gasteiger partial charge is 0.457 e. The number of carbonyl (C=O) groups excluding carboxylic acids is 1. The van der Waals surface area contributed by atoms with Crippen molar-refractivity contribution in [1.82, 2.24) is 0 Å². The molecule has 29 heavy (non-hydrogen) atoms. The highest BCUT2D eigenvalue weighted by atomic mass is 35.5. The van der Waals surface area contributed by atoms with E-state index in [0.717, 1.165) is 11.3 Å². The Labute approximate surface area is 178 Å². The molecule has 4 nitrogen and oxygen atoms in total. The zero-order valence-corrected chi connectivity index (χ0v) is 17.0. The number of amides is 1. The van der Waals surface area contributed by atoms with E-state index < -0.39 is 0 Å². The first-order valence-electron chi connectivity index (χ1n) is 8.91. The number of ether oxygens (including phenoxy) is 1. The maximum Gasteiger partial charge on any atom is 0.280 e. The van der Waals surface area contributed by atoms with Gasteiger partial charge in [0.2, 0.25) is 0 Å². The first-order chi connectivity index (χ1) is 14.0. The van der Waals surface area contributed by atoms with Crippen LogP contribution < -0.4 is 9.75 Å². The van der Waals surface area contributed by atoms with E-state index in [-0.39, 0.29) is 5.91 Å². The lowest BCUT2D eigenvalue weighted by molar-refractivity contribution is -0.114. The lowest BCUT2D eigenvalue weighted by Gasteiger charge is -2.13. The third kappa shape index (κ3) is 4.19. The lowest BCUT2D eigenvalue weighted by atomic mass is 10.1.